The molecule has 2 aliphatic heterocycles. The number of nitrogens with zero attached hydrogens (tertiary/aromatic N) is 1. The second-order valence-electron chi connectivity index (χ2n) is 6.68. The Hall–Kier alpha value is -1.88. The molecule has 2 fully saturated rings. The number of carbonyl (C=O) groups is 2. The first kappa shape index (κ1) is 16.0. The minimum absolute atomic E-state index is 0.0157. The number of ether oxygens (including phenoxy) is 1. The van der Waals surface area contributed by atoms with Crippen LogP contribution in [0.15, 0.2) is 18.2 Å². The van der Waals surface area contributed by atoms with Crippen molar-refractivity contribution in [2.24, 2.45) is 0 Å². The van der Waals surface area contributed by atoms with E-state index in [9.17, 15) is 9.59 Å². The summed E-state index contributed by atoms with van der Waals surface area (Å²) in [7, 11) is 0. The lowest BCUT2D eigenvalue weighted by Crippen LogP contribution is -2.53. The highest BCUT2D eigenvalue weighted by Crippen LogP contribution is 2.29. The lowest BCUT2D eigenvalue weighted by Gasteiger charge is -2.39. The fourth-order valence-corrected chi connectivity index (χ4v) is 3.36. The van der Waals surface area contributed by atoms with Crippen LogP contribution in [0.1, 0.15) is 42.6 Å². The van der Waals surface area contributed by atoms with Gasteiger partial charge in [-0.1, -0.05) is 23.8 Å². The average Bonchev–Trinajstić information content (AvgIpc) is 2.96. The van der Waals surface area contributed by atoms with Crippen molar-refractivity contribution in [2.45, 2.75) is 51.8 Å². The molecule has 1 aromatic carbocycles. The number of aryl methyl sites for hydroxylation is 2. The molecule has 124 valence electrons. The number of rotatable bonds is 2. The van der Waals surface area contributed by atoms with Gasteiger partial charge in [0.15, 0.2) is 0 Å². The van der Waals surface area contributed by atoms with E-state index in [1.807, 2.05) is 11.8 Å². The van der Waals surface area contributed by atoms with Crippen molar-refractivity contribution in [3.8, 4) is 0 Å². The molecule has 2 amide bonds. The van der Waals surface area contributed by atoms with E-state index in [-0.39, 0.29) is 30.0 Å². The first-order valence-electron chi connectivity index (χ1n) is 8.24. The van der Waals surface area contributed by atoms with Crippen LogP contribution in [-0.4, -0.2) is 41.9 Å². The second kappa shape index (κ2) is 6.32. The molecular weight excluding hydrogens is 292 g/mol. The van der Waals surface area contributed by atoms with Gasteiger partial charge in [-0.3, -0.25) is 9.59 Å². The monoisotopic (exact) mass is 316 g/mol. The molecule has 23 heavy (non-hydrogen) atoms. The number of amides is 2. The highest BCUT2D eigenvalue weighted by atomic mass is 16.5. The van der Waals surface area contributed by atoms with Crippen molar-refractivity contribution < 1.29 is 14.3 Å². The molecule has 0 bridgehead atoms. The Kier molecular flexibility index (Phi) is 4.39. The van der Waals surface area contributed by atoms with Crippen LogP contribution in [0, 0.1) is 13.8 Å². The lowest BCUT2D eigenvalue weighted by molar-refractivity contribution is -0.147. The highest BCUT2D eigenvalue weighted by molar-refractivity contribution is 5.91. The number of hydrogen-bond donors (Lipinski definition) is 1. The largest absolute Gasteiger partial charge is 0.370 e. The zero-order valence-electron chi connectivity index (χ0n) is 14.0. The molecule has 0 spiro atoms. The number of nitrogens with one attached hydrogen (secondary N) is 1. The van der Waals surface area contributed by atoms with Crippen LogP contribution in [0.25, 0.3) is 0 Å². The predicted octanol–water partition coefficient (Wildman–Crippen LogP) is 1.87. The number of carbonyl (C=O) groups excluding carboxylic acids is 2. The van der Waals surface area contributed by atoms with E-state index in [1.54, 1.807) is 0 Å². The second-order valence-corrected chi connectivity index (χ2v) is 6.68. The molecule has 2 saturated heterocycles. The average molecular weight is 316 g/mol. The van der Waals surface area contributed by atoms with Crippen molar-refractivity contribution in [1.82, 2.24) is 10.2 Å². The summed E-state index contributed by atoms with van der Waals surface area (Å²) in [6.45, 7) is 7.18. The van der Waals surface area contributed by atoms with Gasteiger partial charge in [0.25, 0.3) is 0 Å². The maximum atomic E-state index is 12.7. The summed E-state index contributed by atoms with van der Waals surface area (Å²) in [5.74, 6) is -0.0164. The van der Waals surface area contributed by atoms with Gasteiger partial charge in [-0.25, -0.2) is 0 Å². The zero-order valence-corrected chi connectivity index (χ0v) is 14.0. The van der Waals surface area contributed by atoms with Gasteiger partial charge in [0.05, 0.1) is 19.2 Å². The van der Waals surface area contributed by atoms with E-state index in [0.29, 0.717) is 26.0 Å². The zero-order chi connectivity index (χ0) is 16.6. The van der Waals surface area contributed by atoms with E-state index in [2.05, 4.69) is 37.4 Å². The third-order valence-electron chi connectivity index (χ3n) is 4.79. The van der Waals surface area contributed by atoms with Gasteiger partial charge in [-0.15, -0.1) is 0 Å². The Balaban J connectivity index is 1.77. The third-order valence-corrected chi connectivity index (χ3v) is 4.79. The minimum atomic E-state index is -0.373. The molecule has 3 atom stereocenters. The summed E-state index contributed by atoms with van der Waals surface area (Å²) in [6, 6.07) is 5.97. The van der Waals surface area contributed by atoms with Crippen LogP contribution >= 0.6 is 0 Å². The van der Waals surface area contributed by atoms with Crippen molar-refractivity contribution in [3.05, 3.63) is 34.9 Å². The van der Waals surface area contributed by atoms with Gasteiger partial charge >= 0.3 is 0 Å². The summed E-state index contributed by atoms with van der Waals surface area (Å²) >= 11 is 0. The summed E-state index contributed by atoms with van der Waals surface area (Å²) in [5.41, 5.74) is 3.51. The first-order valence-corrected chi connectivity index (χ1v) is 8.24. The normalized spacial score (nSPS) is 27.9. The van der Waals surface area contributed by atoms with Crippen LogP contribution in [0.4, 0.5) is 0 Å². The molecule has 0 saturated carbocycles. The fourth-order valence-electron chi connectivity index (χ4n) is 3.36. The van der Waals surface area contributed by atoms with Gasteiger partial charge in [0.1, 0.15) is 12.1 Å². The summed E-state index contributed by atoms with van der Waals surface area (Å²) in [6.07, 6.45) is 0.929. The van der Waals surface area contributed by atoms with Gasteiger partial charge in [-0.2, -0.15) is 0 Å². The van der Waals surface area contributed by atoms with E-state index >= 15 is 0 Å². The maximum Gasteiger partial charge on any atom is 0.245 e. The summed E-state index contributed by atoms with van der Waals surface area (Å²) in [5, 5.41) is 2.78. The predicted molar refractivity (Wildman–Crippen MR) is 86.9 cm³/mol. The Bertz CT molecular complexity index is 629. The Morgan fingerprint density at radius 1 is 1.35 bits per heavy atom. The van der Waals surface area contributed by atoms with E-state index in [1.165, 1.54) is 11.1 Å². The Morgan fingerprint density at radius 2 is 2.13 bits per heavy atom. The van der Waals surface area contributed by atoms with Crippen molar-refractivity contribution in [2.75, 3.05) is 13.2 Å². The molecule has 5 nitrogen and oxygen atoms in total. The maximum absolute atomic E-state index is 12.7. The van der Waals surface area contributed by atoms with Gasteiger partial charge in [-0.05, 0) is 38.3 Å². The van der Waals surface area contributed by atoms with Crippen molar-refractivity contribution in [3.63, 3.8) is 0 Å². The molecule has 0 radical (unpaired) electrons. The standard InChI is InChI=1S/C18H24N2O3/c1-11-4-5-12(2)14(8-11)16-9-20(13(3)10-23-16)18(22)15-6-7-17(21)19-15/h4-5,8,13,15-16H,6-7,9-10H2,1-3H3,(H,19,21)/t13-,15+,16+/m0/s1. The summed E-state index contributed by atoms with van der Waals surface area (Å²) < 4.78 is 6.00. The topological polar surface area (TPSA) is 58.6 Å². The van der Waals surface area contributed by atoms with Crippen LogP contribution in [0.3, 0.4) is 0 Å². The smallest absolute Gasteiger partial charge is 0.245 e. The Morgan fingerprint density at radius 3 is 2.83 bits per heavy atom. The number of benzene rings is 1. The molecule has 2 aliphatic rings. The third kappa shape index (κ3) is 3.24. The molecule has 5 heteroatoms. The summed E-state index contributed by atoms with van der Waals surface area (Å²) in [4.78, 5) is 26.0. The molecule has 0 unspecified atom stereocenters. The van der Waals surface area contributed by atoms with E-state index in [0.717, 1.165) is 5.56 Å². The molecule has 0 aromatic heterocycles. The first-order chi connectivity index (χ1) is 11.0. The molecular formula is C18H24N2O3. The number of morpholine rings is 1. The molecule has 3 rings (SSSR count). The quantitative estimate of drug-likeness (QED) is 0.906. The van der Waals surface area contributed by atoms with Crippen LogP contribution in [0.2, 0.25) is 0 Å². The van der Waals surface area contributed by atoms with Crippen molar-refractivity contribution >= 4 is 11.8 Å². The van der Waals surface area contributed by atoms with Crippen molar-refractivity contribution in [1.29, 1.82) is 0 Å². The molecule has 2 heterocycles. The van der Waals surface area contributed by atoms with Gasteiger partial charge < -0.3 is 15.0 Å². The Labute approximate surface area is 137 Å². The molecule has 1 N–H and O–H groups in total. The SMILES string of the molecule is Cc1ccc(C)c([C@H]2CN(C(=O)[C@H]3CCC(=O)N3)[C@@H](C)CO2)c1. The number of hydrogen-bond acceptors (Lipinski definition) is 3. The van der Waals surface area contributed by atoms with Crippen LogP contribution < -0.4 is 5.32 Å². The van der Waals surface area contributed by atoms with Crippen LogP contribution in [0.5, 0.6) is 0 Å². The van der Waals surface area contributed by atoms with E-state index in [4.69, 9.17) is 4.74 Å². The van der Waals surface area contributed by atoms with Crippen LogP contribution in [-0.2, 0) is 14.3 Å². The molecule has 1 aromatic rings. The molecule has 0 aliphatic carbocycles. The van der Waals surface area contributed by atoms with Gasteiger partial charge in [0.2, 0.25) is 11.8 Å². The highest BCUT2D eigenvalue weighted by Gasteiger charge is 2.37. The lowest BCUT2D eigenvalue weighted by atomic mass is 9.98. The minimum Gasteiger partial charge on any atom is -0.370 e. The van der Waals surface area contributed by atoms with Gasteiger partial charge in [0, 0.05) is 6.42 Å². The fraction of sp³-hybridized carbons (Fsp3) is 0.556. The van der Waals surface area contributed by atoms with E-state index < -0.39 is 0 Å².